The molecule has 0 radical (unpaired) electrons. The molecule has 2 nitrogen and oxygen atoms in total. The fourth-order valence-electron chi connectivity index (χ4n) is 0.888. The molecule has 0 spiro atoms. The molecule has 0 saturated heterocycles. The summed E-state index contributed by atoms with van der Waals surface area (Å²) in [6.07, 6.45) is 1.20. The number of rotatable bonds is 6. The highest BCUT2D eigenvalue weighted by Crippen LogP contribution is 1.95. The first-order valence-corrected chi connectivity index (χ1v) is 4.57. The largest absolute Gasteiger partial charge is 0.310 e. The van der Waals surface area contributed by atoms with E-state index < -0.39 is 0 Å². The fourth-order valence-corrected chi connectivity index (χ4v) is 0.888. The predicted octanol–water partition coefficient (Wildman–Crippen LogP) is 1.49. The lowest BCUT2D eigenvalue weighted by Crippen LogP contribution is -2.29. The minimum atomic E-state index is 0.451. The summed E-state index contributed by atoms with van der Waals surface area (Å²) in [4.78, 5) is 2.20. The molecule has 2 heteroatoms. The van der Waals surface area contributed by atoms with Crippen LogP contribution in [0.4, 0.5) is 0 Å². The van der Waals surface area contributed by atoms with Crippen LogP contribution >= 0.6 is 0 Å². The van der Waals surface area contributed by atoms with Crippen LogP contribution in [0, 0.1) is 0 Å². The summed E-state index contributed by atoms with van der Waals surface area (Å²) in [5.74, 6) is 0. The molecule has 0 aliphatic carbocycles. The summed E-state index contributed by atoms with van der Waals surface area (Å²) < 4.78 is 0. The van der Waals surface area contributed by atoms with Crippen LogP contribution in [0.3, 0.4) is 0 Å². The average Bonchev–Trinajstić information content (AvgIpc) is 1.97. The van der Waals surface area contributed by atoms with E-state index in [1.54, 1.807) is 0 Å². The third-order valence-electron chi connectivity index (χ3n) is 1.97. The monoisotopic (exact) mass is 170 g/mol. The third kappa shape index (κ3) is 6.38. The highest BCUT2D eigenvalue weighted by molar-refractivity contribution is 4.98. The summed E-state index contributed by atoms with van der Waals surface area (Å²) in [7, 11) is 4.20. The van der Waals surface area contributed by atoms with Gasteiger partial charge in [-0.15, -0.1) is 0 Å². The topological polar surface area (TPSA) is 15.3 Å². The summed E-state index contributed by atoms with van der Waals surface area (Å²) in [5, 5.41) is 3.41. The van der Waals surface area contributed by atoms with Crippen molar-refractivity contribution in [1.29, 1.82) is 0 Å². The number of hydrogen-bond donors (Lipinski definition) is 1. The molecular weight excluding hydrogens is 148 g/mol. The van der Waals surface area contributed by atoms with E-state index in [1.807, 2.05) is 0 Å². The predicted molar refractivity (Wildman–Crippen MR) is 55.4 cm³/mol. The Morgan fingerprint density at radius 1 is 1.50 bits per heavy atom. The molecule has 72 valence electrons. The first-order chi connectivity index (χ1) is 5.54. The number of hydrogen-bond acceptors (Lipinski definition) is 2. The lowest BCUT2D eigenvalue weighted by Gasteiger charge is -2.14. The van der Waals surface area contributed by atoms with Crippen LogP contribution in [-0.4, -0.2) is 38.1 Å². The molecule has 12 heavy (non-hydrogen) atoms. The van der Waals surface area contributed by atoms with E-state index in [-0.39, 0.29) is 0 Å². The maximum Gasteiger partial charge on any atom is 0.0245 e. The van der Waals surface area contributed by atoms with Crippen LogP contribution in [0.15, 0.2) is 12.2 Å². The summed E-state index contributed by atoms with van der Waals surface area (Å²) in [6.45, 7) is 10.3. The molecule has 0 fully saturated rings. The Hall–Kier alpha value is -0.340. The molecule has 1 atom stereocenters. The van der Waals surface area contributed by atoms with E-state index >= 15 is 0 Å². The zero-order valence-corrected chi connectivity index (χ0v) is 8.85. The minimum absolute atomic E-state index is 0.451. The van der Waals surface area contributed by atoms with E-state index in [0.717, 1.165) is 13.1 Å². The zero-order valence-electron chi connectivity index (χ0n) is 8.85. The molecule has 0 rings (SSSR count). The second kappa shape index (κ2) is 6.21. The Morgan fingerprint density at radius 2 is 2.08 bits per heavy atom. The van der Waals surface area contributed by atoms with Crippen molar-refractivity contribution < 1.29 is 0 Å². The van der Waals surface area contributed by atoms with Crippen molar-refractivity contribution in [2.75, 3.05) is 27.2 Å². The van der Waals surface area contributed by atoms with Gasteiger partial charge in [-0.2, -0.15) is 0 Å². The molecule has 0 aromatic carbocycles. The number of nitrogens with zero attached hydrogens (tertiary/aromatic N) is 1. The summed E-state index contributed by atoms with van der Waals surface area (Å²) >= 11 is 0. The Kier molecular flexibility index (Phi) is 6.03. The Balaban J connectivity index is 3.25. The normalized spacial score (nSPS) is 13.4. The van der Waals surface area contributed by atoms with Gasteiger partial charge in [0.25, 0.3) is 0 Å². The quantitative estimate of drug-likeness (QED) is 0.480. The van der Waals surface area contributed by atoms with Gasteiger partial charge < -0.3 is 10.2 Å². The molecule has 1 unspecified atom stereocenters. The van der Waals surface area contributed by atoms with Crippen LogP contribution in [-0.2, 0) is 0 Å². The van der Waals surface area contributed by atoms with Gasteiger partial charge in [-0.25, -0.2) is 0 Å². The van der Waals surface area contributed by atoms with Crippen LogP contribution in [0.2, 0.25) is 0 Å². The van der Waals surface area contributed by atoms with Crippen molar-refractivity contribution in [3.63, 3.8) is 0 Å². The van der Waals surface area contributed by atoms with Crippen molar-refractivity contribution in [2.45, 2.75) is 26.3 Å². The second-order valence-electron chi connectivity index (χ2n) is 3.68. The van der Waals surface area contributed by atoms with Gasteiger partial charge in [0.2, 0.25) is 0 Å². The smallest absolute Gasteiger partial charge is 0.0245 e. The Bertz CT molecular complexity index is 130. The summed E-state index contributed by atoms with van der Waals surface area (Å²) in [6, 6.07) is 0.451. The van der Waals surface area contributed by atoms with Gasteiger partial charge in [0.05, 0.1) is 0 Å². The van der Waals surface area contributed by atoms with Crippen molar-refractivity contribution in [1.82, 2.24) is 10.2 Å². The standard InChI is InChI=1S/C10H22N2/c1-9(2)10(3)11-7-6-8-12(4)5/h10-11H,1,6-8H2,2-5H3. The SMILES string of the molecule is C=C(C)C(C)NCCCN(C)C. The van der Waals surface area contributed by atoms with Crippen molar-refractivity contribution in [2.24, 2.45) is 0 Å². The lowest BCUT2D eigenvalue weighted by atomic mass is 10.2. The van der Waals surface area contributed by atoms with Gasteiger partial charge in [0.1, 0.15) is 0 Å². The van der Waals surface area contributed by atoms with Gasteiger partial charge in [-0.1, -0.05) is 12.2 Å². The molecule has 0 saturated carbocycles. The Labute approximate surface area is 76.6 Å². The van der Waals surface area contributed by atoms with E-state index in [9.17, 15) is 0 Å². The molecule has 0 amide bonds. The van der Waals surface area contributed by atoms with Gasteiger partial charge in [0, 0.05) is 6.04 Å². The van der Waals surface area contributed by atoms with Crippen LogP contribution in [0.5, 0.6) is 0 Å². The molecule has 0 heterocycles. The first-order valence-electron chi connectivity index (χ1n) is 4.57. The molecular formula is C10H22N2. The highest BCUT2D eigenvalue weighted by atomic mass is 15.1. The maximum atomic E-state index is 3.90. The fraction of sp³-hybridized carbons (Fsp3) is 0.800. The van der Waals surface area contributed by atoms with Crippen molar-refractivity contribution in [3.05, 3.63) is 12.2 Å². The van der Waals surface area contributed by atoms with Crippen LogP contribution in [0.25, 0.3) is 0 Å². The average molecular weight is 170 g/mol. The van der Waals surface area contributed by atoms with Crippen molar-refractivity contribution in [3.8, 4) is 0 Å². The molecule has 0 aliphatic heterocycles. The zero-order chi connectivity index (χ0) is 9.56. The second-order valence-corrected chi connectivity index (χ2v) is 3.68. The van der Waals surface area contributed by atoms with Crippen LogP contribution in [0.1, 0.15) is 20.3 Å². The first kappa shape index (κ1) is 11.7. The highest BCUT2D eigenvalue weighted by Gasteiger charge is 1.99. The van der Waals surface area contributed by atoms with E-state index in [0.29, 0.717) is 6.04 Å². The molecule has 1 N–H and O–H groups in total. The molecule has 0 aliphatic rings. The lowest BCUT2D eigenvalue weighted by molar-refractivity contribution is 0.391. The van der Waals surface area contributed by atoms with Gasteiger partial charge >= 0.3 is 0 Å². The van der Waals surface area contributed by atoms with Gasteiger partial charge in [0.15, 0.2) is 0 Å². The Morgan fingerprint density at radius 3 is 2.50 bits per heavy atom. The van der Waals surface area contributed by atoms with E-state index in [2.05, 4.69) is 44.7 Å². The van der Waals surface area contributed by atoms with E-state index in [1.165, 1.54) is 12.0 Å². The molecule has 0 aromatic rings. The molecule has 0 aromatic heterocycles. The van der Waals surface area contributed by atoms with Gasteiger partial charge in [-0.3, -0.25) is 0 Å². The third-order valence-corrected chi connectivity index (χ3v) is 1.97. The summed E-state index contributed by atoms with van der Waals surface area (Å²) in [5.41, 5.74) is 1.21. The maximum absolute atomic E-state index is 3.90. The van der Waals surface area contributed by atoms with E-state index in [4.69, 9.17) is 0 Å². The van der Waals surface area contributed by atoms with Crippen molar-refractivity contribution >= 4 is 0 Å². The number of nitrogens with one attached hydrogen (secondary N) is 1. The minimum Gasteiger partial charge on any atom is -0.310 e. The van der Waals surface area contributed by atoms with Crippen LogP contribution < -0.4 is 5.32 Å². The van der Waals surface area contributed by atoms with Gasteiger partial charge in [-0.05, 0) is 47.5 Å². The molecule has 0 bridgehead atoms.